The molecule has 0 saturated carbocycles. The van der Waals surface area contributed by atoms with Crippen LogP contribution in [0.2, 0.25) is 0 Å². The van der Waals surface area contributed by atoms with Crippen molar-refractivity contribution in [2.45, 2.75) is 187 Å². The summed E-state index contributed by atoms with van der Waals surface area (Å²) in [5.74, 6) is -1.78. The summed E-state index contributed by atoms with van der Waals surface area (Å²) in [4.78, 5) is 48.6. The second-order valence-electron chi connectivity index (χ2n) is 12.4. The van der Waals surface area contributed by atoms with E-state index in [0.717, 1.165) is 38.5 Å². The van der Waals surface area contributed by atoms with E-state index in [9.17, 15) is 19.2 Å². The molecule has 8 nitrogen and oxygen atoms in total. The van der Waals surface area contributed by atoms with Crippen molar-refractivity contribution < 1.29 is 28.7 Å². The van der Waals surface area contributed by atoms with Crippen LogP contribution in [0.3, 0.4) is 0 Å². The molecule has 0 fully saturated rings. The molecule has 0 spiro atoms. The highest BCUT2D eigenvalue weighted by atomic mass is 16.5. The Bertz CT molecular complexity index is 715. The summed E-state index contributed by atoms with van der Waals surface area (Å²) < 4.78 is 9.90. The fourth-order valence-electron chi connectivity index (χ4n) is 5.32. The summed E-state index contributed by atoms with van der Waals surface area (Å²) >= 11 is 0. The van der Waals surface area contributed by atoms with Gasteiger partial charge in [-0.05, 0) is 12.8 Å². The number of amides is 2. The monoisotopic (exact) mass is 625 g/mol. The molecule has 258 valence electrons. The van der Waals surface area contributed by atoms with Crippen molar-refractivity contribution in [2.24, 2.45) is 0 Å². The third-order valence-corrected chi connectivity index (χ3v) is 8.18. The van der Waals surface area contributed by atoms with Crippen molar-refractivity contribution in [2.75, 3.05) is 20.3 Å². The van der Waals surface area contributed by atoms with Crippen molar-refractivity contribution in [1.29, 1.82) is 0 Å². The van der Waals surface area contributed by atoms with Crippen LogP contribution in [0.15, 0.2) is 0 Å². The van der Waals surface area contributed by atoms with Crippen molar-refractivity contribution >= 4 is 23.8 Å². The van der Waals surface area contributed by atoms with E-state index in [1.807, 2.05) is 0 Å². The Kier molecular flexibility index (Phi) is 30.7. The minimum atomic E-state index is -1.06. The van der Waals surface area contributed by atoms with E-state index < -0.39 is 18.0 Å². The quantitative estimate of drug-likeness (QED) is 0.0574. The van der Waals surface area contributed by atoms with Crippen LogP contribution in [0, 0.1) is 0 Å². The maximum atomic E-state index is 12.3. The van der Waals surface area contributed by atoms with Crippen LogP contribution in [0.5, 0.6) is 0 Å². The Balaban J connectivity index is 3.86. The van der Waals surface area contributed by atoms with Gasteiger partial charge in [-0.2, -0.15) is 0 Å². The van der Waals surface area contributed by atoms with Gasteiger partial charge in [0.05, 0.1) is 7.11 Å². The second-order valence-corrected chi connectivity index (χ2v) is 12.4. The first kappa shape index (κ1) is 41.9. The number of unbranched alkanes of at least 4 members (excludes halogenated alkanes) is 22. The maximum absolute atomic E-state index is 12.3. The minimum Gasteiger partial charge on any atom is -0.467 e. The number of carbonyl (C=O) groups is 4. The van der Waals surface area contributed by atoms with Gasteiger partial charge in [0, 0.05) is 12.8 Å². The van der Waals surface area contributed by atoms with Crippen LogP contribution in [-0.4, -0.2) is 50.1 Å². The zero-order chi connectivity index (χ0) is 32.5. The fourth-order valence-corrected chi connectivity index (χ4v) is 5.32. The van der Waals surface area contributed by atoms with Crippen LogP contribution >= 0.6 is 0 Å². The summed E-state index contributed by atoms with van der Waals surface area (Å²) in [6.45, 7) is 3.89. The Labute approximate surface area is 269 Å². The SMILES string of the molecule is CCCCCCCCCCCCCCCC(=O)NCC(=O)OC[C@H](NC(=O)CCCCCCCCCCCCC)C(=O)OC. The van der Waals surface area contributed by atoms with Gasteiger partial charge in [0.1, 0.15) is 13.2 Å². The predicted molar refractivity (Wildman–Crippen MR) is 179 cm³/mol. The van der Waals surface area contributed by atoms with Gasteiger partial charge in [0.15, 0.2) is 6.04 Å². The van der Waals surface area contributed by atoms with Gasteiger partial charge in [-0.3, -0.25) is 14.4 Å². The highest BCUT2D eigenvalue weighted by Gasteiger charge is 2.23. The molecule has 0 aromatic carbocycles. The van der Waals surface area contributed by atoms with Gasteiger partial charge in [-0.25, -0.2) is 4.79 Å². The Morgan fingerprint density at radius 1 is 0.523 bits per heavy atom. The fraction of sp³-hybridized carbons (Fsp3) is 0.889. The van der Waals surface area contributed by atoms with Gasteiger partial charge in [0.25, 0.3) is 0 Å². The molecule has 0 aliphatic rings. The van der Waals surface area contributed by atoms with Gasteiger partial charge in [-0.1, -0.05) is 155 Å². The molecule has 0 heterocycles. The van der Waals surface area contributed by atoms with Crippen LogP contribution in [0.25, 0.3) is 0 Å². The lowest BCUT2D eigenvalue weighted by molar-refractivity contribution is -0.152. The van der Waals surface area contributed by atoms with Crippen molar-refractivity contribution in [3.05, 3.63) is 0 Å². The van der Waals surface area contributed by atoms with E-state index in [0.29, 0.717) is 12.8 Å². The minimum absolute atomic E-state index is 0.185. The Morgan fingerprint density at radius 2 is 0.886 bits per heavy atom. The summed E-state index contributed by atoms with van der Waals surface area (Å²) in [6.07, 6.45) is 30.0. The molecule has 0 saturated heterocycles. The van der Waals surface area contributed by atoms with E-state index in [2.05, 4.69) is 24.5 Å². The topological polar surface area (TPSA) is 111 Å². The third-order valence-electron chi connectivity index (χ3n) is 8.18. The molecule has 2 N–H and O–H groups in total. The lowest BCUT2D eigenvalue weighted by Gasteiger charge is -2.16. The van der Waals surface area contributed by atoms with E-state index in [4.69, 9.17) is 9.47 Å². The molecule has 0 aromatic heterocycles. The zero-order valence-electron chi connectivity index (χ0n) is 28.8. The standard InChI is InChI=1S/C36H68N2O6/c1-4-6-8-10-12-14-16-17-19-20-22-24-26-28-33(39)37-30-35(41)44-31-32(36(42)43-3)38-34(40)29-27-25-23-21-18-15-13-11-9-7-5-2/h32H,4-31H2,1-3H3,(H,37,39)(H,38,40)/t32-/m0/s1. The van der Waals surface area contributed by atoms with Crippen molar-refractivity contribution in [3.8, 4) is 0 Å². The van der Waals surface area contributed by atoms with Gasteiger partial charge < -0.3 is 20.1 Å². The molecule has 0 aromatic rings. The van der Waals surface area contributed by atoms with Crippen LogP contribution in [-0.2, 0) is 28.7 Å². The van der Waals surface area contributed by atoms with Crippen LogP contribution in [0.1, 0.15) is 181 Å². The van der Waals surface area contributed by atoms with E-state index in [1.54, 1.807) is 0 Å². The molecular formula is C36H68N2O6. The molecule has 0 rings (SSSR count). The van der Waals surface area contributed by atoms with Crippen LogP contribution in [0.4, 0.5) is 0 Å². The molecule has 1 atom stereocenters. The number of methoxy groups -OCH3 is 1. The molecule has 44 heavy (non-hydrogen) atoms. The van der Waals surface area contributed by atoms with Gasteiger partial charge in [0.2, 0.25) is 11.8 Å². The predicted octanol–water partition coefficient (Wildman–Crippen LogP) is 8.49. The third kappa shape index (κ3) is 28.6. The molecule has 0 radical (unpaired) electrons. The first-order valence-electron chi connectivity index (χ1n) is 18.2. The molecular weight excluding hydrogens is 556 g/mol. The summed E-state index contributed by atoms with van der Waals surface area (Å²) in [7, 11) is 1.23. The lowest BCUT2D eigenvalue weighted by atomic mass is 10.0. The number of esters is 2. The number of nitrogens with one attached hydrogen (secondary N) is 2. The molecule has 2 amide bonds. The van der Waals surface area contributed by atoms with E-state index >= 15 is 0 Å². The molecule has 0 unspecified atom stereocenters. The number of carbonyl (C=O) groups excluding carboxylic acids is 4. The van der Waals surface area contributed by atoms with E-state index in [1.165, 1.54) is 123 Å². The summed E-state index contributed by atoms with van der Waals surface area (Å²) in [5.41, 5.74) is 0. The first-order valence-corrected chi connectivity index (χ1v) is 18.2. The molecule has 0 aliphatic carbocycles. The zero-order valence-corrected chi connectivity index (χ0v) is 28.8. The highest BCUT2D eigenvalue weighted by Crippen LogP contribution is 2.14. The Hall–Kier alpha value is -2.12. The Morgan fingerprint density at radius 3 is 1.27 bits per heavy atom. The molecule has 0 aliphatic heterocycles. The lowest BCUT2D eigenvalue weighted by Crippen LogP contribution is -2.45. The smallest absolute Gasteiger partial charge is 0.331 e. The normalized spacial score (nSPS) is 11.6. The number of ether oxygens (including phenoxy) is 2. The number of hydrogen-bond donors (Lipinski definition) is 2. The van der Waals surface area contributed by atoms with Crippen molar-refractivity contribution in [1.82, 2.24) is 10.6 Å². The second kappa shape index (κ2) is 32.3. The summed E-state index contributed by atoms with van der Waals surface area (Å²) in [6, 6.07) is -1.06. The van der Waals surface area contributed by atoms with Gasteiger partial charge >= 0.3 is 11.9 Å². The largest absolute Gasteiger partial charge is 0.467 e. The number of hydrogen-bond acceptors (Lipinski definition) is 6. The maximum Gasteiger partial charge on any atom is 0.331 e. The summed E-state index contributed by atoms with van der Waals surface area (Å²) in [5, 5.41) is 5.19. The van der Waals surface area contributed by atoms with E-state index in [-0.39, 0.29) is 25.0 Å². The highest BCUT2D eigenvalue weighted by molar-refractivity contribution is 5.85. The van der Waals surface area contributed by atoms with Crippen molar-refractivity contribution in [3.63, 3.8) is 0 Å². The average Bonchev–Trinajstić information content (AvgIpc) is 3.02. The van der Waals surface area contributed by atoms with Gasteiger partial charge in [-0.15, -0.1) is 0 Å². The molecule has 0 bridgehead atoms. The average molecular weight is 625 g/mol. The van der Waals surface area contributed by atoms with Crippen LogP contribution < -0.4 is 10.6 Å². The molecule has 8 heteroatoms. The first-order chi connectivity index (χ1) is 21.4. The number of rotatable bonds is 32.